The van der Waals surface area contributed by atoms with Crippen molar-refractivity contribution in [3.63, 3.8) is 0 Å². The molecular weight excluding hydrogens is 134 g/mol. The van der Waals surface area contributed by atoms with E-state index in [1.165, 1.54) is 32.4 Å². The quantitative estimate of drug-likeness (QED) is 0.586. The molecule has 1 nitrogen and oxygen atoms in total. The Morgan fingerprint density at radius 3 is 3.00 bits per heavy atom. The molecule has 1 unspecified atom stereocenters. The second-order valence-electron chi connectivity index (χ2n) is 2.69. The van der Waals surface area contributed by atoms with E-state index in [0.29, 0.717) is 0 Å². The van der Waals surface area contributed by atoms with Crippen LogP contribution in [-0.4, -0.2) is 19.0 Å². The highest BCUT2D eigenvalue weighted by Gasteiger charge is 2.10. The van der Waals surface area contributed by atoms with Gasteiger partial charge in [0.25, 0.3) is 0 Å². The zero-order chi connectivity index (χ0) is 6.53. The molecule has 0 aromatic rings. The number of piperidine rings is 1. The van der Waals surface area contributed by atoms with Crippen molar-refractivity contribution in [2.24, 2.45) is 5.92 Å². The van der Waals surface area contributed by atoms with Crippen LogP contribution in [0.5, 0.6) is 0 Å². The molecule has 9 heavy (non-hydrogen) atoms. The molecule has 1 fully saturated rings. The van der Waals surface area contributed by atoms with E-state index in [9.17, 15) is 0 Å². The second-order valence-corrected chi connectivity index (χ2v) is 3.07. The van der Waals surface area contributed by atoms with Crippen molar-refractivity contribution < 1.29 is 0 Å². The van der Waals surface area contributed by atoms with Crippen molar-refractivity contribution in [2.75, 3.05) is 19.0 Å². The van der Waals surface area contributed by atoms with E-state index >= 15 is 0 Å². The van der Waals surface area contributed by atoms with Gasteiger partial charge in [0.1, 0.15) is 0 Å². The van der Waals surface area contributed by atoms with Gasteiger partial charge in [-0.3, -0.25) is 0 Å². The molecule has 0 bridgehead atoms. The number of hydrogen-bond acceptors (Lipinski definition) is 1. The molecule has 0 saturated carbocycles. The molecule has 1 rings (SSSR count). The van der Waals surface area contributed by atoms with Crippen LogP contribution in [0.2, 0.25) is 0 Å². The fourth-order valence-electron chi connectivity index (χ4n) is 1.32. The van der Waals surface area contributed by atoms with Crippen molar-refractivity contribution in [1.82, 2.24) is 5.32 Å². The zero-order valence-corrected chi connectivity index (χ0v) is 6.45. The van der Waals surface area contributed by atoms with Crippen LogP contribution < -0.4 is 5.32 Å². The van der Waals surface area contributed by atoms with Gasteiger partial charge in [0.15, 0.2) is 0 Å². The predicted molar refractivity (Wildman–Crippen MR) is 40.9 cm³/mol. The van der Waals surface area contributed by atoms with Gasteiger partial charge in [-0.05, 0) is 38.3 Å². The minimum absolute atomic E-state index is 0.826. The average molecular weight is 148 g/mol. The summed E-state index contributed by atoms with van der Waals surface area (Å²) in [7, 11) is 0. The van der Waals surface area contributed by atoms with Crippen LogP contribution in [-0.2, 0) is 0 Å². The van der Waals surface area contributed by atoms with Crippen LogP contribution in [0.3, 0.4) is 0 Å². The second kappa shape index (κ2) is 4.13. The molecule has 1 atom stereocenters. The molecule has 0 aromatic carbocycles. The number of nitrogens with one attached hydrogen (secondary N) is 1. The normalized spacial score (nSPS) is 28.3. The predicted octanol–water partition coefficient (Wildman–Crippen LogP) is 1.61. The van der Waals surface area contributed by atoms with Crippen LogP contribution >= 0.6 is 11.6 Å². The lowest BCUT2D eigenvalue weighted by molar-refractivity contribution is 0.370. The number of hydrogen-bond donors (Lipinski definition) is 1. The van der Waals surface area contributed by atoms with E-state index in [-0.39, 0.29) is 0 Å². The summed E-state index contributed by atoms with van der Waals surface area (Å²) in [5, 5.41) is 3.36. The summed E-state index contributed by atoms with van der Waals surface area (Å²) in [6, 6.07) is 0. The first-order valence-electron chi connectivity index (χ1n) is 3.70. The van der Waals surface area contributed by atoms with Crippen LogP contribution in [0.15, 0.2) is 0 Å². The third kappa shape index (κ3) is 2.55. The Balaban J connectivity index is 2.08. The summed E-state index contributed by atoms with van der Waals surface area (Å²) >= 11 is 5.61. The van der Waals surface area contributed by atoms with Gasteiger partial charge in [0, 0.05) is 5.88 Å². The van der Waals surface area contributed by atoms with Crippen LogP contribution in [0.1, 0.15) is 19.3 Å². The van der Waals surface area contributed by atoms with Crippen molar-refractivity contribution in [3.8, 4) is 0 Å². The standard InChI is InChI=1S/C7H14ClN/c8-4-3-7-2-1-5-9-6-7/h7,9H,1-6H2. The summed E-state index contributed by atoms with van der Waals surface area (Å²) in [5.74, 6) is 1.68. The fourth-order valence-corrected chi connectivity index (χ4v) is 1.63. The lowest BCUT2D eigenvalue weighted by atomic mass is 9.97. The maximum Gasteiger partial charge on any atom is 0.0226 e. The summed E-state index contributed by atoms with van der Waals surface area (Å²) in [4.78, 5) is 0. The minimum Gasteiger partial charge on any atom is -0.316 e. The molecule has 1 heterocycles. The van der Waals surface area contributed by atoms with Gasteiger partial charge in [-0.15, -0.1) is 11.6 Å². The van der Waals surface area contributed by atoms with Gasteiger partial charge >= 0.3 is 0 Å². The first kappa shape index (κ1) is 7.36. The number of alkyl halides is 1. The molecule has 1 N–H and O–H groups in total. The summed E-state index contributed by atoms with van der Waals surface area (Å²) in [6.07, 6.45) is 3.90. The van der Waals surface area contributed by atoms with Crippen molar-refractivity contribution >= 4 is 11.6 Å². The van der Waals surface area contributed by atoms with E-state index in [4.69, 9.17) is 11.6 Å². The third-order valence-electron chi connectivity index (χ3n) is 1.92. The molecule has 0 aromatic heterocycles. The fraction of sp³-hybridized carbons (Fsp3) is 1.00. The smallest absolute Gasteiger partial charge is 0.0226 e. The number of rotatable bonds is 2. The van der Waals surface area contributed by atoms with E-state index in [2.05, 4.69) is 5.32 Å². The topological polar surface area (TPSA) is 12.0 Å². The Hall–Kier alpha value is 0.250. The first-order chi connectivity index (χ1) is 4.43. The van der Waals surface area contributed by atoms with Gasteiger partial charge < -0.3 is 5.32 Å². The van der Waals surface area contributed by atoms with E-state index in [0.717, 1.165) is 11.8 Å². The summed E-state index contributed by atoms with van der Waals surface area (Å²) < 4.78 is 0. The van der Waals surface area contributed by atoms with E-state index in [1.807, 2.05) is 0 Å². The van der Waals surface area contributed by atoms with E-state index in [1.54, 1.807) is 0 Å². The Morgan fingerprint density at radius 2 is 2.44 bits per heavy atom. The van der Waals surface area contributed by atoms with Gasteiger partial charge in [0.2, 0.25) is 0 Å². The van der Waals surface area contributed by atoms with Gasteiger partial charge in [-0.25, -0.2) is 0 Å². The highest BCUT2D eigenvalue weighted by Crippen LogP contribution is 2.13. The van der Waals surface area contributed by atoms with Crippen molar-refractivity contribution in [1.29, 1.82) is 0 Å². The maximum absolute atomic E-state index is 5.61. The summed E-state index contributed by atoms with van der Waals surface area (Å²) in [5.41, 5.74) is 0. The molecule has 0 spiro atoms. The number of halogens is 1. The lowest BCUT2D eigenvalue weighted by Gasteiger charge is -2.21. The summed E-state index contributed by atoms with van der Waals surface area (Å²) in [6.45, 7) is 2.39. The van der Waals surface area contributed by atoms with Gasteiger partial charge in [0.05, 0.1) is 0 Å². The molecule has 1 saturated heterocycles. The van der Waals surface area contributed by atoms with E-state index < -0.39 is 0 Å². The molecule has 0 radical (unpaired) electrons. The molecule has 0 aliphatic carbocycles. The van der Waals surface area contributed by atoms with Gasteiger partial charge in [-0.1, -0.05) is 0 Å². The SMILES string of the molecule is ClCCC1CCCNC1. The minimum atomic E-state index is 0.826. The highest BCUT2D eigenvalue weighted by atomic mass is 35.5. The molecule has 0 amide bonds. The first-order valence-corrected chi connectivity index (χ1v) is 4.23. The lowest BCUT2D eigenvalue weighted by Crippen LogP contribution is -2.29. The average Bonchev–Trinajstić information content (AvgIpc) is 1.91. The monoisotopic (exact) mass is 147 g/mol. The Labute approximate surface area is 61.8 Å². The third-order valence-corrected chi connectivity index (χ3v) is 2.13. The Bertz CT molecular complexity index is 66.6. The molecule has 1 aliphatic rings. The highest BCUT2D eigenvalue weighted by molar-refractivity contribution is 6.17. The van der Waals surface area contributed by atoms with Crippen molar-refractivity contribution in [2.45, 2.75) is 19.3 Å². The largest absolute Gasteiger partial charge is 0.316 e. The van der Waals surface area contributed by atoms with Crippen molar-refractivity contribution in [3.05, 3.63) is 0 Å². The zero-order valence-electron chi connectivity index (χ0n) is 5.70. The van der Waals surface area contributed by atoms with Crippen LogP contribution in [0.4, 0.5) is 0 Å². The molecular formula is C7H14ClN. The Morgan fingerprint density at radius 1 is 1.56 bits per heavy atom. The van der Waals surface area contributed by atoms with Gasteiger partial charge in [-0.2, -0.15) is 0 Å². The maximum atomic E-state index is 5.61. The Kier molecular flexibility index (Phi) is 3.37. The molecule has 1 aliphatic heterocycles. The molecule has 2 heteroatoms. The van der Waals surface area contributed by atoms with Crippen LogP contribution in [0.25, 0.3) is 0 Å². The van der Waals surface area contributed by atoms with Crippen LogP contribution in [0, 0.1) is 5.92 Å². The molecule has 54 valence electrons.